The zero-order valence-electron chi connectivity index (χ0n) is 6.88. The van der Waals surface area contributed by atoms with Crippen molar-refractivity contribution in [3.63, 3.8) is 0 Å². The number of hydrogen-bond acceptors (Lipinski definition) is 1. The molecule has 0 aromatic heterocycles. The van der Waals surface area contributed by atoms with Crippen LogP contribution < -0.4 is 5.19 Å². The highest BCUT2D eigenvalue weighted by Crippen LogP contribution is 2.02. The maximum absolute atomic E-state index is 9.00. The Hall–Kier alpha value is -0.763. The predicted molar refractivity (Wildman–Crippen MR) is 51.4 cm³/mol. The molecule has 0 saturated heterocycles. The molecule has 0 bridgehead atoms. The van der Waals surface area contributed by atoms with Gasteiger partial charge in [0, 0.05) is 0 Å². The van der Waals surface area contributed by atoms with E-state index in [1.165, 1.54) is 17.7 Å². The van der Waals surface area contributed by atoms with Gasteiger partial charge in [0.25, 0.3) is 0 Å². The maximum atomic E-state index is 9.00. The van der Waals surface area contributed by atoms with Crippen LogP contribution in [0.1, 0.15) is 13.3 Å². The zero-order chi connectivity index (χ0) is 8.10. The Balaban J connectivity index is 2.52. The van der Waals surface area contributed by atoms with E-state index in [9.17, 15) is 0 Å². The fourth-order valence-electron chi connectivity index (χ4n) is 1.04. The molecule has 2 heteroatoms. The van der Waals surface area contributed by atoms with Gasteiger partial charge in [-0.2, -0.15) is 0 Å². The number of phenols is 1. The second kappa shape index (κ2) is 4.19. The van der Waals surface area contributed by atoms with E-state index in [0.717, 1.165) is 0 Å². The van der Waals surface area contributed by atoms with Crippen LogP contribution >= 0.6 is 0 Å². The Bertz CT molecular complexity index is 205. The van der Waals surface area contributed by atoms with Gasteiger partial charge in [0.1, 0.15) is 5.75 Å². The minimum absolute atomic E-state index is 0.0385. The maximum Gasteiger partial charge on any atom is 0.115 e. The van der Waals surface area contributed by atoms with Crippen molar-refractivity contribution in [1.29, 1.82) is 0 Å². The molecule has 0 aliphatic heterocycles. The third kappa shape index (κ3) is 2.76. The quantitative estimate of drug-likeness (QED) is 0.665. The zero-order valence-corrected chi connectivity index (χ0v) is 8.29. The van der Waals surface area contributed by atoms with E-state index in [1.807, 2.05) is 12.1 Å². The van der Waals surface area contributed by atoms with Crippen LogP contribution in [0.4, 0.5) is 0 Å². The topological polar surface area (TPSA) is 20.2 Å². The molecular formula is C9H14OSi. The Morgan fingerprint density at radius 2 is 1.91 bits per heavy atom. The van der Waals surface area contributed by atoms with E-state index >= 15 is 0 Å². The van der Waals surface area contributed by atoms with Crippen LogP contribution in [0.5, 0.6) is 5.75 Å². The molecule has 1 aromatic carbocycles. The van der Waals surface area contributed by atoms with Gasteiger partial charge >= 0.3 is 0 Å². The van der Waals surface area contributed by atoms with E-state index in [0.29, 0.717) is 5.75 Å². The normalized spacial score (nSPS) is 11.0. The van der Waals surface area contributed by atoms with Gasteiger partial charge in [0.05, 0.1) is 9.52 Å². The van der Waals surface area contributed by atoms with Crippen molar-refractivity contribution in [2.45, 2.75) is 19.4 Å². The van der Waals surface area contributed by atoms with Crippen LogP contribution in [0.3, 0.4) is 0 Å². The van der Waals surface area contributed by atoms with Gasteiger partial charge in [0.15, 0.2) is 0 Å². The molecular weight excluding hydrogens is 152 g/mol. The number of phenolic OH excluding ortho intramolecular Hbond substituents is 1. The first-order valence-electron chi connectivity index (χ1n) is 4.11. The van der Waals surface area contributed by atoms with E-state index in [2.05, 4.69) is 6.92 Å². The highest BCUT2D eigenvalue weighted by atomic mass is 28.2. The van der Waals surface area contributed by atoms with Gasteiger partial charge in [-0.3, -0.25) is 0 Å². The molecule has 0 unspecified atom stereocenters. The summed E-state index contributed by atoms with van der Waals surface area (Å²) < 4.78 is 0. The minimum Gasteiger partial charge on any atom is -0.508 e. The third-order valence-electron chi connectivity index (χ3n) is 1.76. The van der Waals surface area contributed by atoms with E-state index in [4.69, 9.17) is 5.11 Å². The minimum atomic E-state index is -0.0385. The molecule has 0 amide bonds. The summed E-state index contributed by atoms with van der Waals surface area (Å²) in [6.45, 7) is 2.22. The predicted octanol–water partition coefficient (Wildman–Crippen LogP) is 1.01. The molecule has 0 fully saturated rings. The fraction of sp³-hybridized carbons (Fsp3) is 0.333. The Morgan fingerprint density at radius 3 is 2.45 bits per heavy atom. The van der Waals surface area contributed by atoms with Crippen molar-refractivity contribution in [2.75, 3.05) is 0 Å². The molecule has 1 aromatic rings. The lowest BCUT2D eigenvalue weighted by atomic mass is 10.3. The average molecular weight is 166 g/mol. The first-order valence-corrected chi connectivity index (χ1v) is 5.81. The molecule has 60 valence electrons. The molecule has 0 aliphatic carbocycles. The van der Waals surface area contributed by atoms with E-state index in [-0.39, 0.29) is 9.52 Å². The second-order valence-corrected chi connectivity index (χ2v) is 4.79. The summed E-state index contributed by atoms with van der Waals surface area (Å²) in [4.78, 5) is 0. The van der Waals surface area contributed by atoms with Gasteiger partial charge in [-0.1, -0.05) is 36.7 Å². The van der Waals surface area contributed by atoms with Crippen LogP contribution in [0.25, 0.3) is 0 Å². The monoisotopic (exact) mass is 166 g/mol. The van der Waals surface area contributed by atoms with Crippen molar-refractivity contribution in [2.24, 2.45) is 0 Å². The second-order valence-electron chi connectivity index (χ2n) is 2.77. The van der Waals surface area contributed by atoms with Crippen molar-refractivity contribution < 1.29 is 5.11 Å². The van der Waals surface area contributed by atoms with Crippen molar-refractivity contribution in [3.8, 4) is 5.75 Å². The van der Waals surface area contributed by atoms with Gasteiger partial charge < -0.3 is 5.11 Å². The van der Waals surface area contributed by atoms with Crippen LogP contribution in [-0.2, 0) is 0 Å². The highest BCUT2D eigenvalue weighted by Gasteiger charge is 1.92. The molecule has 0 radical (unpaired) electrons. The Labute approximate surface area is 69.9 Å². The molecule has 0 spiro atoms. The number of aromatic hydroxyl groups is 1. The SMILES string of the molecule is CCC[SiH2]c1ccc(O)cc1. The lowest BCUT2D eigenvalue weighted by Gasteiger charge is -1.97. The Kier molecular flexibility index (Phi) is 3.17. The van der Waals surface area contributed by atoms with Crippen molar-refractivity contribution >= 4 is 14.7 Å². The molecule has 0 saturated carbocycles. The molecule has 0 aliphatic rings. The first-order chi connectivity index (χ1) is 5.33. The smallest absolute Gasteiger partial charge is 0.115 e. The summed E-state index contributed by atoms with van der Waals surface area (Å²) in [6.07, 6.45) is 1.28. The molecule has 1 N–H and O–H groups in total. The average Bonchev–Trinajstić information content (AvgIpc) is 2.04. The van der Waals surface area contributed by atoms with Crippen molar-refractivity contribution in [3.05, 3.63) is 24.3 Å². The van der Waals surface area contributed by atoms with Crippen LogP contribution in [0.15, 0.2) is 24.3 Å². The summed E-state index contributed by atoms with van der Waals surface area (Å²) in [6, 6.07) is 9.00. The van der Waals surface area contributed by atoms with E-state index < -0.39 is 0 Å². The molecule has 1 nitrogen and oxygen atoms in total. The van der Waals surface area contributed by atoms with Crippen LogP contribution in [0, 0.1) is 0 Å². The van der Waals surface area contributed by atoms with Gasteiger partial charge in [0.2, 0.25) is 0 Å². The molecule has 0 atom stereocenters. The third-order valence-corrected chi connectivity index (χ3v) is 3.86. The lowest BCUT2D eigenvalue weighted by molar-refractivity contribution is 0.475. The standard InChI is InChI=1S/C9H14OSi/c1-2-7-11-9-5-3-8(10)4-6-9/h3-6,10H,2,7,11H2,1H3. The summed E-state index contributed by atoms with van der Waals surface area (Å²) >= 11 is 0. The molecule has 0 heterocycles. The van der Waals surface area contributed by atoms with Gasteiger partial charge in [-0.25, -0.2) is 0 Å². The molecule has 11 heavy (non-hydrogen) atoms. The summed E-state index contributed by atoms with van der Waals surface area (Å²) in [5.41, 5.74) is 0. The molecule has 1 rings (SSSR count). The lowest BCUT2D eigenvalue weighted by Crippen LogP contribution is -2.11. The van der Waals surface area contributed by atoms with Gasteiger partial charge in [-0.15, -0.1) is 0 Å². The first kappa shape index (κ1) is 8.33. The number of rotatable bonds is 3. The largest absolute Gasteiger partial charge is 0.508 e. The van der Waals surface area contributed by atoms with Crippen LogP contribution in [0.2, 0.25) is 6.04 Å². The summed E-state index contributed by atoms with van der Waals surface area (Å²) in [5.74, 6) is 0.374. The van der Waals surface area contributed by atoms with Crippen molar-refractivity contribution in [1.82, 2.24) is 0 Å². The van der Waals surface area contributed by atoms with E-state index in [1.54, 1.807) is 12.1 Å². The summed E-state index contributed by atoms with van der Waals surface area (Å²) in [7, 11) is -0.0385. The number of hydrogen-bond donors (Lipinski definition) is 1. The summed E-state index contributed by atoms with van der Waals surface area (Å²) in [5, 5.41) is 10.4. The van der Waals surface area contributed by atoms with Gasteiger partial charge in [-0.05, 0) is 12.1 Å². The Morgan fingerprint density at radius 1 is 1.27 bits per heavy atom. The van der Waals surface area contributed by atoms with Crippen LogP contribution in [-0.4, -0.2) is 14.6 Å². The fourth-order valence-corrected chi connectivity index (χ4v) is 2.37. The highest BCUT2D eigenvalue weighted by molar-refractivity contribution is 6.53. The number of benzene rings is 1.